The van der Waals surface area contributed by atoms with E-state index in [9.17, 15) is 18.0 Å². The van der Waals surface area contributed by atoms with Gasteiger partial charge in [0, 0.05) is 50.9 Å². The average molecular weight is 474 g/mol. The summed E-state index contributed by atoms with van der Waals surface area (Å²) in [6.45, 7) is 0.913. The maximum absolute atomic E-state index is 13.1. The van der Waals surface area contributed by atoms with Crippen LogP contribution in [0.3, 0.4) is 0 Å². The molecule has 33 heavy (non-hydrogen) atoms. The van der Waals surface area contributed by atoms with Crippen LogP contribution < -0.4 is 5.56 Å². The summed E-state index contributed by atoms with van der Waals surface area (Å²) in [5, 5.41) is 4.35. The predicted octanol–water partition coefficient (Wildman–Crippen LogP) is 1.56. The lowest BCUT2D eigenvalue weighted by Crippen LogP contribution is -2.55. The summed E-state index contributed by atoms with van der Waals surface area (Å²) in [4.78, 5) is 26.7. The number of benzene rings is 1. The van der Waals surface area contributed by atoms with Gasteiger partial charge in [-0.3, -0.25) is 9.59 Å². The van der Waals surface area contributed by atoms with Gasteiger partial charge in [0.25, 0.3) is 15.8 Å². The molecule has 1 amide bonds. The van der Waals surface area contributed by atoms with Crippen LogP contribution in [0, 0.1) is 0 Å². The average Bonchev–Trinajstić information content (AvgIpc) is 2.86. The number of carbonyl (C=O) groups excluding carboxylic acids is 1. The summed E-state index contributed by atoms with van der Waals surface area (Å²) >= 11 is 0. The van der Waals surface area contributed by atoms with Crippen LogP contribution in [0.1, 0.15) is 32.1 Å². The van der Waals surface area contributed by atoms with Gasteiger partial charge in [0.2, 0.25) is 5.91 Å². The number of rotatable bonds is 6. The van der Waals surface area contributed by atoms with Crippen molar-refractivity contribution in [1.82, 2.24) is 23.3 Å². The fourth-order valence-corrected chi connectivity index (χ4v) is 6.11. The molecule has 1 saturated heterocycles. The molecular formula is C23H31N5O4S. The van der Waals surface area contributed by atoms with Gasteiger partial charge in [-0.25, -0.2) is 4.68 Å². The number of carbonyl (C=O) groups is 1. The van der Waals surface area contributed by atoms with Gasteiger partial charge in [-0.2, -0.15) is 22.1 Å². The third-order valence-electron chi connectivity index (χ3n) is 6.59. The first-order valence-corrected chi connectivity index (χ1v) is 12.9. The zero-order chi connectivity index (χ0) is 23.4. The number of piperazine rings is 1. The monoisotopic (exact) mass is 473 g/mol. The van der Waals surface area contributed by atoms with Crippen LogP contribution in [0.15, 0.2) is 47.3 Å². The van der Waals surface area contributed by atoms with Crippen LogP contribution in [0.5, 0.6) is 0 Å². The van der Waals surface area contributed by atoms with Crippen molar-refractivity contribution in [2.45, 2.75) is 44.7 Å². The maximum atomic E-state index is 13.1. The van der Waals surface area contributed by atoms with E-state index in [1.54, 1.807) is 18.0 Å². The number of nitrogens with zero attached hydrogens (tertiary/aromatic N) is 5. The molecule has 1 aliphatic heterocycles. The largest absolute Gasteiger partial charge is 0.338 e. The van der Waals surface area contributed by atoms with Crippen molar-refractivity contribution in [3.63, 3.8) is 0 Å². The van der Waals surface area contributed by atoms with Crippen LogP contribution in [-0.2, 0) is 21.5 Å². The first-order valence-electron chi connectivity index (χ1n) is 11.5. The smallest absolute Gasteiger partial charge is 0.282 e. The number of amides is 1. The third-order valence-corrected chi connectivity index (χ3v) is 8.64. The lowest BCUT2D eigenvalue weighted by molar-refractivity contribution is -0.133. The molecule has 1 aliphatic carbocycles. The van der Waals surface area contributed by atoms with E-state index in [2.05, 4.69) is 5.10 Å². The van der Waals surface area contributed by atoms with Gasteiger partial charge >= 0.3 is 0 Å². The molecule has 10 heteroatoms. The summed E-state index contributed by atoms with van der Waals surface area (Å²) in [5.41, 5.74) is 1.13. The SMILES string of the molecule is CN(C1CCCCC1)S(=O)(=O)N1CCN(C(=O)Cn2nc(-c3ccccc3)ccc2=O)CC1. The fraction of sp³-hybridized carbons (Fsp3) is 0.522. The Labute approximate surface area is 194 Å². The Hall–Kier alpha value is -2.56. The van der Waals surface area contributed by atoms with Crippen molar-refractivity contribution < 1.29 is 13.2 Å². The Morgan fingerprint density at radius 3 is 2.33 bits per heavy atom. The lowest BCUT2D eigenvalue weighted by atomic mass is 9.96. The van der Waals surface area contributed by atoms with Crippen LogP contribution >= 0.6 is 0 Å². The fourth-order valence-electron chi connectivity index (χ4n) is 4.54. The lowest BCUT2D eigenvalue weighted by Gasteiger charge is -2.38. The van der Waals surface area contributed by atoms with Crippen LogP contribution in [0.4, 0.5) is 0 Å². The first kappa shape index (κ1) is 23.6. The van der Waals surface area contributed by atoms with Crippen LogP contribution in [0.2, 0.25) is 0 Å². The van der Waals surface area contributed by atoms with E-state index in [0.29, 0.717) is 18.8 Å². The Kier molecular flexibility index (Phi) is 7.26. The third kappa shape index (κ3) is 5.34. The van der Waals surface area contributed by atoms with Gasteiger partial charge in [0.1, 0.15) is 6.54 Å². The zero-order valence-electron chi connectivity index (χ0n) is 19.0. The Balaban J connectivity index is 1.37. The molecule has 1 aromatic carbocycles. The molecule has 178 valence electrons. The molecule has 0 N–H and O–H groups in total. The van der Waals surface area contributed by atoms with Gasteiger partial charge in [-0.15, -0.1) is 0 Å². The van der Waals surface area contributed by atoms with Crippen molar-refractivity contribution >= 4 is 16.1 Å². The second-order valence-electron chi connectivity index (χ2n) is 8.68. The minimum Gasteiger partial charge on any atom is -0.338 e. The summed E-state index contributed by atoms with van der Waals surface area (Å²) in [5.74, 6) is -0.243. The summed E-state index contributed by atoms with van der Waals surface area (Å²) in [7, 11) is -1.88. The summed E-state index contributed by atoms with van der Waals surface area (Å²) in [6, 6.07) is 12.6. The second-order valence-corrected chi connectivity index (χ2v) is 10.7. The number of aromatic nitrogens is 2. The molecule has 0 bridgehead atoms. The minimum atomic E-state index is -3.55. The van der Waals surface area contributed by atoms with Gasteiger partial charge in [0.05, 0.1) is 5.69 Å². The molecule has 0 atom stereocenters. The molecule has 4 rings (SSSR count). The molecule has 2 heterocycles. The molecule has 0 unspecified atom stereocenters. The predicted molar refractivity (Wildman–Crippen MR) is 126 cm³/mol. The summed E-state index contributed by atoms with van der Waals surface area (Å²) < 4.78 is 30.3. The van der Waals surface area contributed by atoms with Crippen LogP contribution in [0.25, 0.3) is 11.3 Å². The molecule has 2 fully saturated rings. The van der Waals surface area contributed by atoms with Gasteiger partial charge < -0.3 is 4.90 Å². The van der Waals surface area contributed by atoms with Gasteiger partial charge in [-0.1, -0.05) is 49.6 Å². The molecule has 0 radical (unpaired) electrons. The highest BCUT2D eigenvalue weighted by Crippen LogP contribution is 2.25. The van der Waals surface area contributed by atoms with E-state index in [0.717, 1.165) is 37.7 Å². The minimum absolute atomic E-state index is 0.0539. The Morgan fingerprint density at radius 1 is 1.00 bits per heavy atom. The molecule has 0 spiro atoms. The number of hydrogen-bond acceptors (Lipinski definition) is 5. The maximum Gasteiger partial charge on any atom is 0.282 e. The van der Waals surface area contributed by atoms with Crippen molar-refractivity contribution in [1.29, 1.82) is 0 Å². The van der Waals surface area contributed by atoms with Gasteiger partial charge in [-0.05, 0) is 18.9 Å². The zero-order valence-corrected chi connectivity index (χ0v) is 19.8. The van der Waals surface area contributed by atoms with Crippen molar-refractivity contribution in [3.8, 4) is 11.3 Å². The standard InChI is InChI=1S/C23H31N5O4S/c1-25(20-10-6-3-7-11-20)33(31,32)27-16-14-26(15-17-27)23(30)18-28-22(29)13-12-21(24-28)19-8-4-2-5-9-19/h2,4-5,8-9,12-13,20H,3,6-7,10-11,14-18H2,1H3. The first-order chi connectivity index (χ1) is 15.9. The van der Waals surface area contributed by atoms with E-state index in [-0.39, 0.29) is 37.1 Å². The summed E-state index contributed by atoms with van der Waals surface area (Å²) in [6.07, 6.45) is 5.09. The van der Waals surface area contributed by atoms with Crippen LogP contribution in [-0.4, -0.2) is 76.9 Å². The highest BCUT2D eigenvalue weighted by atomic mass is 32.2. The Morgan fingerprint density at radius 2 is 1.67 bits per heavy atom. The highest BCUT2D eigenvalue weighted by molar-refractivity contribution is 7.86. The molecule has 9 nitrogen and oxygen atoms in total. The van der Waals surface area contributed by atoms with E-state index in [4.69, 9.17) is 0 Å². The van der Waals surface area contributed by atoms with Gasteiger partial charge in [0.15, 0.2) is 0 Å². The Bertz CT molecular complexity index is 1120. The quantitative estimate of drug-likeness (QED) is 0.635. The normalized spacial score (nSPS) is 18.5. The molecule has 2 aromatic rings. The second kappa shape index (κ2) is 10.1. The van der Waals surface area contributed by atoms with Crippen molar-refractivity contribution in [2.24, 2.45) is 0 Å². The molecule has 2 aliphatic rings. The topological polar surface area (TPSA) is 95.8 Å². The molecule has 1 saturated carbocycles. The highest BCUT2D eigenvalue weighted by Gasteiger charge is 2.35. The van der Waals surface area contributed by atoms with E-state index in [1.165, 1.54) is 19.4 Å². The number of hydrogen-bond donors (Lipinski definition) is 0. The van der Waals surface area contributed by atoms with Crippen molar-refractivity contribution in [2.75, 3.05) is 33.2 Å². The van der Waals surface area contributed by atoms with E-state index in [1.807, 2.05) is 30.3 Å². The molecular weight excluding hydrogens is 442 g/mol. The molecule has 1 aromatic heterocycles. The van der Waals surface area contributed by atoms with Crippen molar-refractivity contribution in [3.05, 3.63) is 52.8 Å². The van der Waals surface area contributed by atoms with E-state index < -0.39 is 10.2 Å². The van der Waals surface area contributed by atoms with E-state index >= 15 is 0 Å².